The topological polar surface area (TPSA) is 52.6 Å². The molecular weight excluding hydrogens is 208 g/mol. The minimum Gasteiger partial charge on any atom is -0.465 e. The summed E-state index contributed by atoms with van der Waals surface area (Å²) in [6.07, 6.45) is 4.89. The van der Waals surface area contributed by atoms with Gasteiger partial charge in [0.05, 0.1) is 13.2 Å². The van der Waals surface area contributed by atoms with Gasteiger partial charge in [-0.3, -0.25) is 9.59 Å². The fourth-order valence-corrected chi connectivity index (χ4v) is 1.25. The molecule has 0 aliphatic heterocycles. The van der Waals surface area contributed by atoms with Crippen molar-refractivity contribution in [2.45, 2.75) is 33.6 Å². The van der Waals surface area contributed by atoms with Gasteiger partial charge in [-0.2, -0.15) is 0 Å². The lowest BCUT2D eigenvalue weighted by Gasteiger charge is -2.13. The summed E-state index contributed by atoms with van der Waals surface area (Å²) in [5.41, 5.74) is 0. The number of esters is 2. The highest BCUT2D eigenvalue weighted by Crippen LogP contribution is 2.12. The molecule has 0 spiro atoms. The van der Waals surface area contributed by atoms with Crippen molar-refractivity contribution in [2.75, 3.05) is 13.2 Å². The molecule has 4 heteroatoms. The standard InChI is InChI=1S/C12H20O4/c1-4-7-8-9-10(11(13)15-5-2)12(14)16-6-3/h4,7,10H,5-6,8-9H2,1-3H3/b7-4+. The highest BCUT2D eigenvalue weighted by atomic mass is 16.6. The molecule has 0 atom stereocenters. The van der Waals surface area contributed by atoms with Crippen molar-refractivity contribution >= 4 is 11.9 Å². The van der Waals surface area contributed by atoms with Crippen molar-refractivity contribution in [2.24, 2.45) is 5.92 Å². The summed E-state index contributed by atoms with van der Waals surface area (Å²) in [7, 11) is 0. The van der Waals surface area contributed by atoms with Crippen molar-refractivity contribution in [1.82, 2.24) is 0 Å². The molecule has 0 saturated carbocycles. The highest BCUT2D eigenvalue weighted by molar-refractivity contribution is 5.94. The highest BCUT2D eigenvalue weighted by Gasteiger charge is 2.28. The number of allylic oxidation sites excluding steroid dienone is 2. The maximum Gasteiger partial charge on any atom is 0.320 e. The molecule has 0 radical (unpaired) electrons. The van der Waals surface area contributed by atoms with Crippen LogP contribution in [0, 0.1) is 5.92 Å². The summed E-state index contributed by atoms with van der Waals surface area (Å²) in [6, 6.07) is 0. The molecule has 16 heavy (non-hydrogen) atoms. The predicted molar refractivity (Wildman–Crippen MR) is 60.8 cm³/mol. The van der Waals surface area contributed by atoms with E-state index in [0.717, 1.165) is 0 Å². The van der Waals surface area contributed by atoms with Gasteiger partial charge in [0.25, 0.3) is 0 Å². The first-order valence-corrected chi connectivity index (χ1v) is 5.61. The van der Waals surface area contributed by atoms with Crippen LogP contribution in [0.5, 0.6) is 0 Å². The number of hydrogen-bond donors (Lipinski definition) is 0. The van der Waals surface area contributed by atoms with E-state index in [4.69, 9.17) is 9.47 Å². The zero-order chi connectivity index (χ0) is 12.4. The Kier molecular flexibility index (Phi) is 8.21. The molecular formula is C12H20O4. The molecule has 4 nitrogen and oxygen atoms in total. The molecule has 0 N–H and O–H groups in total. The molecule has 0 aromatic rings. The maximum absolute atomic E-state index is 11.5. The first-order chi connectivity index (χ1) is 7.67. The van der Waals surface area contributed by atoms with Gasteiger partial charge in [0, 0.05) is 0 Å². The van der Waals surface area contributed by atoms with Crippen LogP contribution < -0.4 is 0 Å². The van der Waals surface area contributed by atoms with E-state index in [-0.39, 0.29) is 13.2 Å². The van der Waals surface area contributed by atoms with Crippen LogP contribution >= 0.6 is 0 Å². The quantitative estimate of drug-likeness (QED) is 0.380. The Morgan fingerprint density at radius 3 is 2.00 bits per heavy atom. The molecule has 0 fully saturated rings. The molecule has 0 rings (SSSR count). The van der Waals surface area contributed by atoms with E-state index in [1.165, 1.54) is 0 Å². The van der Waals surface area contributed by atoms with Crippen molar-refractivity contribution in [3.63, 3.8) is 0 Å². The molecule has 0 aliphatic carbocycles. The molecule has 0 bridgehead atoms. The molecule has 0 aliphatic rings. The van der Waals surface area contributed by atoms with Crippen LogP contribution in [0.1, 0.15) is 33.6 Å². The van der Waals surface area contributed by atoms with Gasteiger partial charge in [0.1, 0.15) is 0 Å². The first-order valence-electron chi connectivity index (χ1n) is 5.61. The van der Waals surface area contributed by atoms with Crippen molar-refractivity contribution in [1.29, 1.82) is 0 Å². The van der Waals surface area contributed by atoms with Crippen LogP contribution in [-0.4, -0.2) is 25.2 Å². The first kappa shape index (κ1) is 14.7. The van der Waals surface area contributed by atoms with E-state index >= 15 is 0 Å². The Bertz CT molecular complexity index is 227. The molecule has 92 valence electrons. The third-order valence-electron chi connectivity index (χ3n) is 2.00. The molecule has 0 heterocycles. The van der Waals surface area contributed by atoms with Crippen LogP contribution in [0.2, 0.25) is 0 Å². The Morgan fingerprint density at radius 1 is 1.12 bits per heavy atom. The van der Waals surface area contributed by atoms with Gasteiger partial charge in [0.15, 0.2) is 5.92 Å². The Hall–Kier alpha value is -1.32. The second kappa shape index (κ2) is 8.95. The summed E-state index contributed by atoms with van der Waals surface area (Å²) < 4.78 is 9.68. The van der Waals surface area contributed by atoms with E-state index in [0.29, 0.717) is 12.8 Å². The van der Waals surface area contributed by atoms with E-state index in [9.17, 15) is 9.59 Å². The van der Waals surface area contributed by atoms with E-state index < -0.39 is 17.9 Å². The lowest BCUT2D eigenvalue weighted by molar-refractivity contribution is -0.161. The van der Waals surface area contributed by atoms with Gasteiger partial charge in [-0.25, -0.2) is 0 Å². The Balaban J connectivity index is 4.36. The minimum atomic E-state index is -0.795. The Morgan fingerprint density at radius 2 is 1.62 bits per heavy atom. The van der Waals surface area contributed by atoms with Crippen LogP contribution in [-0.2, 0) is 19.1 Å². The number of rotatable bonds is 7. The summed E-state index contributed by atoms with van der Waals surface area (Å²) in [6.45, 7) is 5.87. The van der Waals surface area contributed by atoms with Crippen LogP contribution in [0.25, 0.3) is 0 Å². The maximum atomic E-state index is 11.5. The van der Waals surface area contributed by atoms with Gasteiger partial charge in [-0.15, -0.1) is 0 Å². The zero-order valence-corrected chi connectivity index (χ0v) is 10.2. The van der Waals surface area contributed by atoms with Crippen LogP contribution in [0.15, 0.2) is 12.2 Å². The third kappa shape index (κ3) is 5.53. The SMILES string of the molecule is C/C=C/CCC(C(=O)OCC)C(=O)OCC. The number of carbonyl (C=O) groups excluding carboxylic acids is 2. The summed E-state index contributed by atoms with van der Waals surface area (Å²) in [5, 5.41) is 0. The van der Waals surface area contributed by atoms with E-state index in [2.05, 4.69) is 0 Å². The number of ether oxygens (including phenoxy) is 2. The van der Waals surface area contributed by atoms with Gasteiger partial charge < -0.3 is 9.47 Å². The van der Waals surface area contributed by atoms with Crippen LogP contribution in [0.4, 0.5) is 0 Å². The van der Waals surface area contributed by atoms with Gasteiger partial charge in [-0.1, -0.05) is 12.2 Å². The fourth-order valence-electron chi connectivity index (χ4n) is 1.25. The zero-order valence-electron chi connectivity index (χ0n) is 10.2. The molecule has 0 unspecified atom stereocenters. The largest absolute Gasteiger partial charge is 0.465 e. The van der Waals surface area contributed by atoms with Gasteiger partial charge in [0.2, 0.25) is 0 Å². The monoisotopic (exact) mass is 228 g/mol. The van der Waals surface area contributed by atoms with E-state index in [1.54, 1.807) is 13.8 Å². The van der Waals surface area contributed by atoms with Gasteiger partial charge >= 0.3 is 11.9 Å². The summed E-state index contributed by atoms with van der Waals surface area (Å²) in [5.74, 6) is -1.79. The van der Waals surface area contributed by atoms with Crippen LogP contribution in [0.3, 0.4) is 0 Å². The van der Waals surface area contributed by atoms with E-state index in [1.807, 2.05) is 19.1 Å². The average molecular weight is 228 g/mol. The second-order valence-corrected chi connectivity index (χ2v) is 3.20. The Labute approximate surface area is 96.6 Å². The lowest BCUT2D eigenvalue weighted by Crippen LogP contribution is -2.28. The van der Waals surface area contributed by atoms with Gasteiger partial charge in [-0.05, 0) is 33.6 Å². The average Bonchev–Trinajstić information content (AvgIpc) is 2.25. The molecule has 0 saturated heterocycles. The number of carbonyl (C=O) groups is 2. The van der Waals surface area contributed by atoms with Crippen molar-refractivity contribution < 1.29 is 19.1 Å². The smallest absolute Gasteiger partial charge is 0.320 e. The third-order valence-corrected chi connectivity index (χ3v) is 2.00. The molecule has 0 aromatic heterocycles. The summed E-state index contributed by atoms with van der Waals surface area (Å²) >= 11 is 0. The minimum absolute atomic E-state index is 0.276. The predicted octanol–water partition coefficient (Wildman–Crippen LogP) is 2.09. The summed E-state index contributed by atoms with van der Waals surface area (Å²) in [4.78, 5) is 23.0. The normalized spacial score (nSPS) is 10.8. The lowest BCUT2D eigenvalue weighted by atomic mass is 10.0. The molecule has 0 aromatic carbocycles. The van der Waals surface area contributed by atoms with Crippen molar-refractivity contribution in [3.05, 3.63) is 12.2 Å². The molecule has 0 amide bonds. The van der Waals surface area contributed by atoms with Crippen molar-refractivity contribution in [3.8, 4) is 0 Å². The number of hydrogen-bond acceptors (Lipinski definition) is 4. The fraction of sp³-hybridized carbons (Fsp3) is 0.667. The second-order valence-electron chi connectivity index (χ2n) is 3.20.